The SMILES string of the molecule is Cc1ccc(S(=O)(=O)O)cc1.ON=C1CCc2ccccc21. The first kappa shape index (κ1) is 16.2. The average molecular weight is 319 g/mol. The molecule has 0 unspecified atom stereocenters. The Balaban J connectivity index is 0.000000160. The van der Waals surface area contributed by atoms with Gasteiger partial charge in [0.1, 0.15) is 0 Å². The Morgan fingerprint density at radius 3 is 2.23 bits per heavy atom. The molecule has 116 valence electrons. The Bertz CT molecular complexity index is 780. The molecular formula is C16H17NO4S. The molecule has 0 atom stereocenters. The molecule has 2 aromatic carbocycles. The lowest BCUT2D eigenvalue weighted by atomic mass is 10.1. The third-order valence-electron chi connectivity index (χ3n) is 3.40. The lowest BCUT2D eigenvalue weighted by Crippen LogP contribution is -1.96. The van der Waals surface area contributed by atoms with Gasteiger partial charge in [-0.1, -0.05) is 47.1 Å². The normalized spacial score (nSPS) is 15.1. The Labute approximate surface area is 129 Å². The first-order valence-electron chi connectivity index (χ1n) is 6.75. The van der Waals surface area contributed by atoms with Crippen LogP contribution < -0.4 is 0 Å². The van der Waals surface area contributed by atoms with Crippen molar-refractivity contribution in [3.8, 4) is 0 Å². The molecule has 0 fully saturated rings. The summed E-state index contributed by atoms with van der Waals surface area (Å²) in [5, 5.41) is 11.8. The highest BCUT2D eigenvalue weighted by molar-refractivity contribution is 7.85. The lowest BCUT2D eigenvalue weighted by molar-refractivity contribution is 0.318. The largest absolute Gasteiger partial charge is 0.411 e. The molecule has 5 nitrogen and oxygen atoms in total. The Morgan fingerprint density at radius 1 is 1.00 bits per heavy atom. The monoisotopic (exact) mass is 319 g/mol. The number of nitrogens with zero attached hydrogens (tertiary/aromatic N) is 1. The van der Waals surface area contributed by atoms with Crippen LogP contribution in [0.2, 0.25) is 0 Å². The molecule has 0 spiro atoms. The van der Waals surface area contributed by atoms with Crippen molar-refractivity contribution >= 4 is 15.8 Å². The third-order valence-corrected chi connectivity index (χ3v) is 4.27. The molecular weight excluding hydrogens is 302 g/mol. The van der Waals surface area contributed by atoms with Gasteiger partial charge in [-0.15, -0.1) is 0 Å². The van der Waals surface area contributed by atoms with Crippen LogP contribution in [0.25, 0.3) is 0 Å². The summed E-state index contributed by atoms with van der Waals surface area (Å²) >= 11 is 0. The summed E-state index contributed by atoms with van der Waals surface area (Å²) < 4.78 is 29.6. The summed E-state index contributed by atoms with van der Waals surface area (Å²) in [6.45, 7) is 1.84. The minimum atomic E-state index is -4.02. The van der Waals surface area contributed by atoms with Gasteiger partial charge >= 0.3 is 0 Å². The molecule has 2 N–H and O–H groups in total. The quantitative estimate of drug-likeness (QED) is 0.480. The van der Waals surface area contributed by atoms with Crippen molar-refractivity contribution < 1.29 is 18.2 Å². The minimum Gasteiger partial charge on any atom is -0.411 e. The van der Waals surface area contributed by atoms with Crippen molar-refractivity contribution in [3.63, 3.8) is 0 Å². The molecule has 1 aliphatic carbocycles. The fourth-order valence-electron chi connectivity index (χ4n) is 2.22. The van der Waals surface area contributed by atoms with E-state index in [1.165, 1.54) is 17.7 Å². The smallest absolute Gasteiger partial charge is 0.294 e. The number of oxime groups is 1. The van der Waals surface area contributed by atoms with Crippen molar-refractivity contribution in [1.29, 1.82) is 0 Å². The van der Waals surface area contributed by atoms with E-state index in [-0.39, 0.29) is 4.90 Å². The van der Waals surface area contributed by atoms with Crippen LogP contribution in [0.15, 0.2) is 58.6 Å². The third kappa shape index (κ3) is 3.93. The minimum absolute atomic E-state index is 0.0666. The molecule has 0 saturated heterocycles. The van der Waals surface area contributed by atoms with E-state index >= 15 is 0 Å². The van der Waals surface area contributed by atoms with Crippen LogP contribution in [0.4, 0.5) is 0 Å². The molecule has 3 rings (SSSR count). The zero-order valence-electron chi connectivity index (χ0n) is 12.1. The van der Waals surface area contributed by atoms with Crippen LogP contribution in [0.3, 0.4) is 0 Å². The topological polar surface area (TPSA) is 87.0 Å². The zero-order chi connectivity index (χ0) is 16.2. The van der Waals surface area contributed by atoms with Gasteiger partial charge in [0.25, 0.3) is 10.1 Å². The van der Waals surface area contributed by atoms with Gasteiger partial charge in [-0.2, -0.15) is 8.42 Å². The molecule has 6 heteroatoms. The van der Waals surface area contributed by atoms with Gasteiger partial charge in [0.05, 0.1) is 10.6 Å². The van der Waals surface area contributed by atoms with Crippen LogP contribution in [-0.2, 0) is 16.5 Å². The molecule has 2 aromatic rings. The van der Waals surface area contributed by atoms with Crippen LogP contribution >= 0.6 is 0 Å². The van der Waals surface area contributed by atoms with Crippen molar-refractivity contribution in [1.82, 2.24) is 0 Å². The van der Waals surface area contributed by atoms with E-state index in [2.05, 4.69) is 11.2 Å². The van der Waals surface area contributed by atoms with Crippen LogP contribution in [0.1, 0.15) is 23.1 Å². The molecule has 0 bridgehead atoms. The first-order valence-corrected chi connectivity index (χ1v) is 8.19. The predicted molar refractivity (Wildman–Crippen MR) is 84.1 cm³/mol. The van der Waals surface area contributed by atoms with Crippen molar-refractivity contribution in [3.05, 3.63) is 65.2 Å². The number of benzene rings is 2. The summed E-state index contributed by atoms with van der Waals surface area (Å²) in [6, 6.07) is 14.0. The second-order valence-corrected chi connectivity index (χ2v) is 6.41. The number of aryl methyl sites for hydroxylation is 2. The zero-order valence-corrected chi connectivity index (χ0v) is 12.9. The average Bonchev–Trinajstić information content (AvgIpc) is 2.90. The van der Waals surface area contributed by atoms with E-state index in [0.717, 1.165) is 29.7 Å². The highest BCUT2D eigenvalue weighted by Gasteiger charge is 2.16. The fraction of sp³-hybridized carbons (Fsp3) is 0.188. The van der Waals surface area contributed by atoms with Gasteiger partial charge in [0, 0.05) is 5.56 Å². The number of hydrogen-bond acceptors (Lipinski definition) is 4. The molecule has 22 heavy (non-hydrogen) atoms. The molecule has 0 aliphatic heterocycles. The summed E-state index contributed by atoms with van der Waals surface area (Å²) in [5.74, 6) is 0. The molecule has 0 saturated carbocycles. The van der Waals surface area contributed by atoms with Crippen LogP contribution in [0, 0.1) is 6.92 Å². The summed E-state index contributed by atoms with van der Waals surface area (Å²) in [4.78, 5) is -0.0666. The first-order chi connectivity index (χ1) is 10.4. The van der Waals surface area contributed by atoms with Gasteiger partial charge in [0.15, 0.2) is 0 Å². The van der Waals surface area contributed by atoms with Crippen molar-refractivity contribution in [2.45, 2.75) is 24.7 Å². The van der Waals surface area contributed by atoms with Gasteiger partial charge in [0.2, 0.25) is 0 Å². The Morgan fingerprint density at radius 2 is 1.64 bits per heavy atom. The molecule has 0 heterocycles. The maximum atomic E-state index is 10.5. The van der Waals surface area contributed by atoms with Gasteiger partial charge in [-0.05, 0) is 37.5 Å². The Hall–Kier alpha value is -2.18. The number of hydrogen-bond donors (Lipinski definition) is 2. The van der Waals surface area contributed by atoms with Crippen LogP contribution in [-0.4, -0.2) is 23.9 Å². The van der Waals surface area contributed by atoms with Gasteiger partial charge in [-0.25, -0.2) is 0 Å². The molecule has 1 aliphatic rings. The molecule has 0 amide bonds. The number of rotatable bonds is 1. The maximum Gasteiger partial charge on any atom is 0.294 e. The number of fused-ring (bicyclic) bond motifs is 1. The maximum absolute atomic E-state index is 10.5. The predicted octanol–water partition coefficient (Wildman–Crippen LogP) is 3.05. The molecule has 0 aromatic heterocycles. The second kappa shape index (κ2) is 6.72. The molecule has 0 radical (unpaired) electrons. The van der Waals surface area contributed by atoms with E-state index < -0.39 is 10.1 Å². The van der Waals surface area contributed by atoms with E-state index in [9.17, 15) is 8.42 Å². The summed E-state index contributed by atoms with van der Waals surface area (Å²) in [6.07, 6.45) is 1.88. The van der Waals surface area contributed by atoms with E-state index in [0.29, 0.717) is 0 Å². The van der Waals surface area contributed by atoms with E-state index in [1.54, 1.807) is 12.1 Å². The van der Waals surface area contributed by atoms with Crippen molar-refractivity contribution in [2.24, 2.45) is 5.16 Å². The summed E-state index contributed by atoms with van der Waals surface area (Å²) in [7, 11) is -4.02. The van der Waals surface area contributed by atoms with Gasteiger partial charge < -0.3 is 5.21 Å². The van der Waals surface area contributed by atoms with Crippen molar-refractivity contribution in [2.75, 3.05) is 0 Å². The van der Waals surface area contributed by atoms with E-state index in [1.807, 2.05) is 25.1 Å². The fourth-order valence-corrected chi connectivity index (χ4v) is 2.70. The highest BCUT2D eigenvalue weighted by atomic mass is 32.2. The Kier molecular flexibility index (Phi) is 4.95. The highest BCUT2D eigenvalue weighted by Crippen LogP contribution is 2.21. The lowest BCUT2D eigenvalue weighted by Gasteiger charge is -1.95. The summed E-state index contributed by atoms with van der Waals surface area (Å²) in [5.41, 5.74) is 4.17. The van der Waals surface area contributed by atoms with Crippen LogP contribution in [0.5, 0.6) is 0 Å². The standard InChI is InChI=1S/C9H9NO.C7H8O3S/c11-10-9-6-5-7-3-1-2-4-8(7)9;1-6-2-4-7(5-3-6)11(8,9)10/h1-4,11H,5-6H2;2-5H,1H3,(H,8,9,10). The van der Waals surface area contributed by atoms with Gasteiger partial charge in [-0.3, -0.25) is 4.55 Å². The second-order valence-electron chi connectivity index (χ2n) is 4.99. The van der Waals surface area contributed by atoms with E-state index in [4.69, 9.17) is 9.76 Å².